The number of hydrogen-bond donors (Lipinski definition) is 0. The molecule has 0 radical (unpaired) electrons. The Morgan fingerprint density at radius 3 is 2.77 bits per heavy atom. The quantitative estimate of drug-likeness (QED) is 0.565. The van der Waals surface area contributed by atoms with Gasteiger partial charge in [-0.05, 0) is 63.7 Å². The number of Topliss-reactive ketones (excluding diaryl/α,β-unsaturated/α-hetero) is 1. The number of rotatable bonds is 4. The molecule has 22 heavy (non-hydrogen) atoms. The molecule has 2 aliphatic rings. The second kappa shape index (κ2) is 6.75. The Bertz CT molecular complexity index is 462. The highest BCUT2D eigenvalue weighted by Gasteiger charge is 2.52. The van der Waals surface area contributed by atoms with Gasteiger partial charge in [0.1, 0.15) is 12.4 Å². The molecule has 0 unspecified atom stereocenters. The molecule has 0 N–H and O–H groups in total. The summed E-state index contributed by atoms with van der Waals surface area (Å²) in [4.78, 5) is 12.2. The molecule has 2 aliphatic carbocycles. The molecule has 4 atom stereocenters. The predicted molar refractivity (Wildman–Crippen MR) is 90.4 cm³/mol. The summed E-state index contributed by atoms with van der Waals surface area (Å²) in [5.41, 5.74) is 0.263. The van der Waals surface area contributed by atoms with Crippen LogP contribution in [0.1, 0.15) is 66.7 Å². The molecule has 2 fully saturated rings. The molecule has 2 heteroatoms. The maximum absolute atomic E-state index is 12.2. The van der Waals surface area contributed by atoms with Gasteiger partial charge in [0.05, 0.1) is 6.61 Å². The minimum absolute atomic E-state index is 0.0452. The molecule has 0 aliphatic heterocycles. The van der Waals surface area contributed by atoms with Gasteiger partial charge >= 0.3 is 0 Å². The van der Waals surface area contributed by atoms with Crippen molar-refractivity contribution in [2.75, 3.05) is 13.2 Å². The Morgan fingerprint density at radius 2 is 2.09 bits per heavy atom. The summed E-state index contributed by atoms with van der Waals surface area (Å²) >= 11 is 0. The van der Waals surface area contributed by atoms with Crippen LogP contribution in [0.15, 0.2) is 0 Å². The number of hydrogen-bond acceptors (Lipinski definition) is 2. The zero-order valence-corrected chi connectivity index (χ0v) is 15.0. The van der Waals surface area contributed by atoms with E-state index < -0.39 is 0 Å². The average molecular weight is 304 g/mol. The van der Waals surface area contributed by atoms with Crippen LogP contribution in [0, 0.1) is 40.4 Å². The van der Waals surface area contributed by atoms with E-state index >= 15 is 0 Å². The number of carbonyl (C=O) groups is 1. The fraction of sp³-hybridized carbons (Fsp3) is 0.850. The van der Waals surface area contributed by atoms with Crippen molar-refractivity contribution in [3.63, 3.8) is 0 Å². The normalized spacial score (nSPS) is 33.0. The second-order valence-electron chi connectivity index (χ2n) is 8.61. The largest absolute Gasteiger partial charge is 0.368 e. The van der Waals surface area contributed by atoms with Crippen molar-refractivity contribution in [2.24, 2.45) is 28.6 Å². The minimum atomic E-state index is 0.0452. The summed E-state index contributed by atoms with van der Waals surface area (Å²) in [6.07, 6.45) is 5.37. The maximum atomic E-state index is 12.2. The van der Waals surface area contributed by atoms with Gasteiger partial charge in [-0.2, -0.15) is 0 Å². The van der Waals surface area contributed by atoms with Crippen LogP contribution < -0.4 is 0 Å². The van der Waals surface area contributed by atoms with Gasteiger partial charge in [-0.15, -0.1) is 0 Å². The molecule has 0 amide bonds. The third kappa shape index (κ3) is 3.93. The standard InChI is InChI=1S/C20H32O2/c1-15(14-22-13-7-11-19(2,3)4)16-9-10-17-18(21)8-6-12-20(16,17)5/h15-17H,6,8-10,12-14H2,1-5H3/t15-,16-,17+,20-/m1/s1. The van der Waals surface area contributed by atoms with Gasteiger partial charge in [-0.25, -0.2) is 0 Å². The van der Waals surface area contributed by atoms with Crippen LogP contribution >= 0.6 is 0 Å². The maximum Gasteiger partial charge on any atom is 0.136 e. The van der Waals surface area contributed by atoms with Crippen molar-refractivity contribution in [1.82, 2.24) is 0 Å². The van der Waals surface area contributed by atoms with Gasteiger partial charge in [-0.3, -0.25) is 4.79 Å². The summed E-state index contributed by atoms with van der Waals surface area (Å²) in [7, 11) is 0. The molecule has 0 bridgehead atoms. The summed E-state index contributed by atoms with van der Waals surface area (Å²) < 4.78 is 5.80. The lowest BCUT2D eigenvalue weighted by Gasteiger charge is -2.42. The third-order valence-corrected chi connectivity index (χ3v) is 5.64. The molecule has 0 saturated heterocycles. The molecular weight excluding hydrogens is 272 g/mol. The van der Waals surface area contributed by atoms with Gasteiger partial charge in [0.25, 0.3) is 0 Å². The topological polar surface area (TPSA) is 26.3 Å². The second-order valence-corrected chi connectivity index (χ2v) is 8.61. The fourth-order valence-corrected chi connectivity index (χ4v) is 4.62. The van der Waals surface area contributed by atoms with Crippen molar-refractivity contribution >= 4 is 5.78 Å². The van der Waals surface area contributed by atoms with Crippen LogP contribution in [0.5, 0.6) is 0 Å². The Balaban J connectivity index is 1.86. The Labute approximate surface area is 136 Å². The Morgan fingerprint density at radius 1 is 1.36 bits per heavy atom. The van der Waals surface area contributed by atoms with Gasteiger partial charge in [0.15, 0.2) is 0 Å². The molecular formula is C20H32O2. The zero-order chi connectivity index (χ0) is 16.4. The van der Waals surface area contributed by atoms with Crippen LogP contribution in [0.2, 0.25) is 0 Å². The highest BCUT2D eigenvalue weighted by atomic mass is 16.5. The van der Waals surface area contributed by atoms with Gasteiger partial charge < -0.3 is 4.74 Å². The predicted octanol–water partition coefficient (Wildman–Crippen LogP) is 4.47. The zero-order valence-electron chi connectivity index (χ0n) is 15.0. The smallest absolute Gasteiger partial charge is 0.136 e. The van der Waals surface area contributed by atoms with E-state index in [0.29, 0.717) is 30.1 Å². The summed E-state index contributed by atoms with van der Waals surface area (Å²) in [6.45, 7) is 12.3. The molecule has 0 aromatic heterocycles. The highest BCUT2D eigenvalue weighted by Crippen LogP contribution is 2.56. The van der Waals surface area contributed by atoms with Crippen molar-refractivity contribution in [2.45, 2.75) is 66.7 Å². The van der Waals surface area contributed by atoms with Crippen molar-refractivity contribution in [1.29, 1.82) is 0 Å². The number of ether oxygens (including phenoxy) is 1. The first-order chi connectivity index (χ1) is 10.2. The van der Waals surface area contributed by atoms with E-state index in [1.54, 1.807) is 0 Å². The molecule has 0 heterocycles. The van der Waals surface area contributed by atoms with E-state index in [2.05, 4.69) is 46.5 Å². The van der Waals surface area contributed by atoms with E-state index in [4.69, 9.17) is 4.74 Å². The lowest BCUT2D eigenvalue weighted by molar-refractivity contribution is -0.130. The fourth-order valence-electron chi connectivity index (χ4n) is 4.62. The number of carbonyl (C=O) groups excluding carboxylic acids is 1. The number of fused-ring (bicyclic) bond motifs is 1. The van der Waals surface area contributed by atoms with E-state index in [0.717, 1.165) is 25.9 Å². The molecule has 0 aromatic rings. The molecule has 0 spiro atoms. The Kier molecular flexibility index (Phi) is 5.38. The van der Waals surface area contributed by atoms with Crippen LogP contribution in [0.3, 0.4) is 0 Å². The highest BCUT2D eigenvalue weighted by molar-refractivity contribution is 5.83. The van der Waals surface area contributed by atoms with E-state index in [9.17, 15) is 4.79 Å². The third-order valence-electron chi connectivity index (χ3n) is 5.64. The van der Waals surface area contributed by atoms with Gasteiger partial charge in [-0.1, -0.05) is 25.7 Å². The van der Waals surface area contributed by atoms with Crippen LogP contribution in [0.4, 0.5) is 0 Å². The van der Waals surface area contributed by atoms with Crippen LogP contribution in [-0.4, -0.2) is 19.0 Å². The molecule has 2 rings (SSSR count). The summed E-state index contributed by atoms with van der Waals surface area (Å²) in [5.74, 6) is 8.28. The molecule has 124 valence electrons. The first kappa shape index (κ1) is 17.5. The van der Waals surface area contributed by atoms with Crippen LogP contribution in [0.25, 0.3) is 0 Å². The van der Waals surface area contributed by atoms with Crippen molar-refractivity contribution < 1.29 is 9.53 Å². The van der Waals surface area contributed by atoms with E-state index in [1.165, 1.54) is 12.8 Å². The first-order valence-electron chi connectivity index (χ1n) is 8.84. The van der Waals surface area contributed by atoms with Gasteiger partial charge in [0.2, 0.25) is 0 Å². The van der Waals surface area contributed by atoms with E-state index in [1.807, 2.05) is 0 Å². The Hall–Kier alpha value is -0.810. The SMILES string of the molecule is C[C@H](COCC#CC(C)(C)C)[C@H]1CC[C@H]2C(=O)CCC[C@]12C. The van der Waals surface area contributed by atoms with Crippen molar-refractivity contribution in [3.8, 4) is 11.8 Å². The minimum Gasteiger partial charge on any atom is -0.368 e. The first-order valence-corrected chi connectivity index (χ1v) is 8.84. The van der Waals surface area contributed by atoms with Crippen molar-refractivity contribution in [3.05, 3.63) is 0 Å². The average Bonchev–Trinajstić information content (AvgIpc) is 2.75. The lowest BCUT2D eigenvalue weighted by atomic mass is 9.62. The molecule has 2 saturated carbocycles. The monoisotopic (exact) mass is 304 g/mol. The van der Waals surface area contributed by atoms with Crippen LogP contribution in [-0.2, 0) is 9.53 Å². The van der Waals surface area contributed by atoms with E-state index in [-0.39, 0.29) is 10.8 Å². The molecule has 2 nitrogen and oxygen atoms in total. The lowest BCUT2D eigenvalue weighted by Crippen LogP contribution is -2.40. The molecule has 0 aromatic carbocycles. The van der Waals surface area contributed by atoms with Gasteiger partial charge in [0, 0.05) is 17.8 Å². The number of ketones is 1. The summed E-state index contributed by atoms with van der Waals surface area (Å²) in [6, 6.07) is 0. The summed E-state index contributed by atoms with van der Waals surface area (Å²) in [5, 5.41) is 0.